The molecular weight excluding hydrogens is 459 g/mol. The van der Waals surface area contributed by atoms with E-state index in [9.17, 15) is 12.8 Å². The van der Waals surface area contributed by atoms with E-state index in [-0.39, 0.29) is 4.90 Å². The fourth-order valence-corrected chi connectivity index (χ4v) is 6.63. The highest BCUT2D eigenvalue weighted by Gasteiger charge is 2.28. The Labute approximate surface area is 199 Å². The van der Waals surface area contributed by atoms with Crippen LogP contribution in [0, 0.1) is 11.7 Å². The van der Waals surface area contributed by atoms with Crippen molar-refractivity contribution < 1.29 is 12.8 Å². The zero-order chi connectivity index (χ0) is 23.3. The Bertz CT molecular complexity index is 1160. The summed E-state index contributed by atoms with van der Waals surface area (Å²) in [6.45, 7) is 0. The first-order valence-electron chi connectivity index (χ1n) is 11.3. The van der Waals surface area contributed by atoms with Crippen molar-refractivity contribution in [1.29, 1.82) is 0 Å². The van der Waals surface area contributed by atoms with Gasteiger partial charge in [0.05, 0.1) is 6.04 Å². The van der Waals surface area contributed by atoms with Crippen molar-refractivity contribution in [1.82, 2.24) is 19.5 Å². The van der Waals surface area contributed by atoms with Gasteiger partial charge in [-0.2, -0.15) is 4.72 Å². The van der Waals surface area contributed by atoms with Gasteiger partial charge in [-0.05, 0) is 42.9 Å². The van der Waals surface area contributed by atoms with Crippen molar-refractivity contribution in [3.63, 3.8) is 0 Å². The SMILES string of the molecule is Cn1c(SCC2CCCCC2)nnc1C(Cc1ccccc1)NS(=O)(=O)c1ccccc1F. The Hall–Kier alpha value is -2.23. The van der Waals surface area contributed by atoms with Crippen LogP contribution in [0.5, 0.6) is 0 Å². The van der Waals surface area contributed by atoms with Gasteiger partial charge in [-0.1, -0.05) is 73.5 Å². The summed E-state index contributed by atoms with van der Waals surface area (Å²) in [7, 11) is -2.25. The minimum Gasteiger partial charge on any atom is -0.308 e. The normalized spacial score (nSPS) is 16.1. The highest BCUT2D eigenvalue weighted by atomic mass is 32.2. The Morgan fingerprint density at radius 2 is 1.76 bits per heavy atom. The molecule has 1 N–H and O–H groups in total. The van der Waals surface area contributed by atoms with Crippen molar-refractivity contribution in [3.05, 3.63) is 71.8 Å². The molecule has 1 aliphatic rings. The van der Waals surface area contributed by atoms with Gasteiger partial charge < -0.3 is 4.57 Å². The predicted octanol–water partition coefficient (Wildman–Crippen LogP) is 4.89. The van der Waals surface area contributed by atoms with Gasteiger partial charge in [-0.25, -0.2) is 12.8 Å². The first-order valence-corrected chi connectivity index (χ1v) is 13.7. The Morgan fingerprint density at radius 1 is 1.06 bits per heavy atom. The molecule has 0 spiro atoms. The van der Waals surface area contributed by atoms with Crippen LogP contribution in [0.25, 0.3) is 0 Å². The third-order valence-electron chi connectivity index (χ3n) is 6.06. The van der Waals surface area contributed by atoms with Crippen LogP contribution >= 0.6 is 11.8 Å². The minimum absolute atomic E-state index is 0.369. The molecule has 1 fully saturated rings. The Kier molecular flexibility index (Phi) is 7.82. The van der Waals surface area contributed by atoms with Crippen molar-refractivity contribution in [2.75, 3.05) is 5.75 Å². The molecular formula is C24H29FN4O2S2. The molecule has 1 unspecified atom stereocenters. The van der Waals surface area contributed by atoms with E-state index >= 15 is 0 Å². The van der Waals surface area contributed by atoms with Crippen molar-refractivity contribution in [2.24, 2.45) is 13.0 Å². The van der Waals surface area contributed by atoms with Crippen molar-refractivity contribution in [2.45, 2.75) is 54.6 Å². The number of nitrogens with zero attached hydrogens (tertiary/aromatic N) is 3. The molecule has 0 saturated heterocycles. The van der Waals surface area contributed by atoms with Gasteiger partial charge in [0, 0.05) is 12.8 Å². The van der Waals surface area contributed by atoms with Gasteiger partial charge in [0.25, 0.3) is 0 Å². The second-order valence-electron chi connectivity index (χ2n) is 8.51. The number of thioether (sulfide) groups is 1. The van der Waals surface area contributed by atoms with E-state index in [1.165, 1.54) is 50.3 Å². The van der Waals surface area contributed by atoms with E-state index in [1.807, 2.05) is 41.9 Å². The molecule has 0 aliphatic heterocycles. The standard InChI is InChI=1S/C24H29FN4O2S2/c1-29-23(26-27-24(29)32-17-19-12-6-3-7-13-19)21(16-18-10-4-2-5-11-18)28-33(30,31)22-15-9-8-14-20(22)25/h2,4-5,8-11,14-15,19,21,28H,3,6-7,12-13,16-17H2,1H3. The number of nitrogens with one attached hydrogen (secondary N) is 1. The number of aromatic nitrogens is 3. The average molecular weight is 489 g/mol. The number of sulfonamides is 1. The third kappa shape index (κ3) is 6.02. The number of benzene rings is 2. The second-order valence-corrected chi connectivity index (χ2v) is 11.2. The van der Waals surface area contributed by atoms with Crippen LogP contribution in [0.4, 0.5) is 4.39 Å². The van der Waals surface area contributed by atoms with Gasteiger partial charge in [-0.15, -0.1) is 10.2 Å². The van der Waals surface area contributed by atoms with Gasteiger partial charge in [0.1, 0.15) is 10.7 Å². The average Bonchev–Trinajstić information content (AvgIpc) is 3.19. The highest BCUT2D eigenvalue weighted by Crippen LogP contribution is 2.30. The third-order valence-corrected chi connectivity index (χ3v) is 8.82. The molecule has 1 atom stereocenters. The summed E-state index contributed by atoms with van der Waals surface area (Å²) in [5.74, 6) is 1.38. The number of hydrogen-bond donors (Lipinski definition) is 1. The molecule has 2 aromatic carbocycles. The largest absolute Gasteiger partial charge is 0.308 e. The Morgan fingerprint density at radius 3 is 2.48 bits per heavy atom. The maximum absolute atomic E-state index is 14.3. The monoisotopic (exact) mass is 488 g/mol. The highest BCUT2D eigenvalue weighted by molar-refractivity contribution is 7.99. The molecule has 1 aromatic heterocycles. The lowest BCUT2D eigenvalue weighted by Crippen LogP contribution is -2.32. The summed E-state index contributed by atoms with van der Waals surface area (Å²) in [4.78, 5) is -0.378. The molecule has 0 amide bonds. The number of rotatable bonds is 9. The molecule has 1 heterocycles. The molecule has 4 rings (SSSR count). The summed E-state index contributed by atoms with van der Waals surface area (Å²) < 4.78 is 44.9. The zero-order valence-corrected chi connectivity index (χ0v) is 20.3. The summed E-state index contributed by atoms with van der Waals surface area (Å²) in [5.41, 5.74) is 0.943. The van der Waals surface area contributed by atoms with E-state index in [2.05, 4.69) is 14.9 Å². The molecule has 6 nitrogen and oxygen atoms in total. The fourth-order valence-electron chi connectivity index (χ4n) is 4.25. The maximum Gasteiger partial charge on any atom is 0.244 e. The molecule has 1 saturated carbocycles. The van der Waals surface area contributed by atoms with Crippen molar-refractivity contribution in [3.8, 4) is 0 Å². The van der Waals surface area contributed by atoms with Crippen LogP contribution in [-0.2, 0) is 23.5 Å². The molecule has 9 heteroatoms. The number of halogens is 1. The van der Waals surface area contributed by atoms with E-state index in [0.717, 1.165) is 22.5 Å². The summed E-state index contributed by atoms with van der Waals surface area (Å²) in [6.07, 6.45) is 6.75. The van der Waals surface area contributed by atoms with Gasteiger partial charge in [-0.3, -0.25) is 0 Å². The lowest BCUT2D eigenvalue weighted by atomic mass is 9.91. The fraction of sp³-hybridized carbons (Fsp3) is 0.417. The van der Waals surface area contributed by atoms with E-state index in [1.54, 1.807) is 11.8 Å². The van der Waals surface area contributed by atoms with Gasteiger partial charge in [0.15, 0.2) is 11.0 Å². The molecule has 1 aliphatic carbocycles. The maximum atomic E-state index is 14.3. The Balaban J connectivity index is 1.58. The van der Waals surface area contributed by atoms with Crippen LogP contribution in [0.1, 0.15) is 49.5 Å². The lowest BCUT2D eigenvalue weighted by molar-refractivity contribution is 0.390. The van der Waals surface area contributed by atoms with E-state index in [4.69, 9.17) is 0 Å². The number of hydrogen-bond acceptors (Lipinski definition) is 5. The van der Waals surface area contributed by atoms with Gasteiger partial charge >= 0.3 is 0 Å². The summed E-state index contributed by atoms with van der Waals surface area (Å²) in [6, 6.07) is 14.3. The van der Waals surface area contributed by atoms with E-state index < -0.39 is 21.9 Å². The van der Waals surface area contributed by atoms with Crippen LogP contribution in [0.2, 0.25) is 0 Å². The summed E-state index contributed by atoms with van der Waals surface area (Å²) in [5, 5.41) is 9.46. The summed E-state index contributed by atoms with van der Waals surface area (Å²) >= 11 is 1.67. The topological polar surface area (TPSA) is 76.9 Å². The molecule has 0 radical (unpaired) electrons. The van der Waals surface area contributed by atoms with Crippen LogP contribution in [0.15, 0.2) is 64.6 Å². The first kappa shape index (κ1) is 23.9. The predicted molar refractivity (Wildman–Crippen MR) is 128 cm³/mol. The van der Waals surface area contributed by atoms with Crippen molar-refractivity contribution >= 4 is 21.8 Å². The molecule has 0 bridgehead atoms. The van der Waals surface area contributed by atoms with E-state index in [0.29, 0.717) is 18.2 Å². The quantitative estimate of drug-likeness (QED) is 0.434. The first-order chi connectivity index (χ1) is 15.9. The van der Waals surface area contributed by atoms with Crippen LogP contribution < -0.4 is 4.72 Å². The second kappa shape index (κ2) is 10.8. The lowest BCUT2D eigenvalue weighted by Gasteiger charge is -2.21. The smallest absolute Gasteiger partial charge is 0.244 e. The van der Waals surface area contributed by atoms with Crippen LogP contribution in [0.3, 0.4) is 0 Å². The minimum atomic E-state index is -4.11. The zero-order valence-electron chi connectivity index (χ0n) is 18.7. The van der Waals surface area contributed by atoms with Crippen LogP contribution in [-0.4, -0.2) is 28.9 Å². The molecule has 176 valence electrons. The molecule has 3 aromatic rings. The molecule has 33 heavy (non-hydrogen) atoms. The van der Waals surface area contributed by atoms with Gasteiger partial charge in [0.2, 0.25) is 10.0 Å².